The fraction of sp³-hybridized carbons (Fsp3) is 0.519. The Labute approximate surface area is 232 Å². The molecular formula is C27H36ClFN4O6. The number of benzene rings is 1. The molecular weight excluding hydrogens is 531 g/mol. The number of carboxylic acids is 2. The summed E-state index contributed by atoms with van der Waals surface area (Å²) in [7, 11) is 1.48. The summed E-state index contributed by atoms with van der Waals surface area (Å²) in [5, 5.41) is 21.2. The molecule has 0 amide bonds. The molecule has 10 nitrogen and oxygen atoms in total. The van der Waals surface area contributed by atoms with E-state index in [1.165, 1.54) is 19.4 Å². The number of aromatic nitrogens is 1. The van der Waals surface area contributed by atoms with Crippen molar-refractivity contribution >= 4 is 40.9 Å². The Hall–Kier alpha value is -3.15. The number of piperidine rings is 1. The highest BCUT2D eigenvalue weighted by Crippen LogP contribution is 2.45. The monoisotopic (exact) mass is 566 g/mol. The lowest BCUT2D eigenvalue weighted by Crippen LogP contribution is -2.40. The van der Waals surface area contributed by atoms with Crippen LogP contribution in [0.15, 0.2) is 29.7 Å². The average molecular weight is 567 g/mol. The first-order valence-electron chi connectivity index (χ1n) is 12.9. The number of anilines is 1. The third-order valence-electron chi connectivity index (χ3n) is 7.48. The van der Waals surface area contributed by atoms with Crippen molar-refractivity contribution in [3.8, 4) is 5.75 Å². The predicted octanol–water partition coefficient (Wildman–Crippen LogP) is 3.16. The SMILES string of the molecule is C=CC(N)CCC(=O)O.COc1c(N2C[C@@H]3CCCN[C@@H]3C2)c(F)cc2c(=O)c(C(=O)O)cn(C3CC3)c12.Cl. The van der Waals surface area contributed by atoms with Gasteiger partial charge < -0.3 is 35.5 Å². The molecule has 3 fully saturated rings. The van der Waals surface area contributed by atoms with Crippen molar-refractivity contribution in [2.75, 3.05) is 31.6 Å². The number of hydrogen-bond acceptors (Lipinski definition) is 7. The summed E-state index contributed by atoms with van der Waals surface area (Å²) in [5.74, 6) is -1.88. The van der Waals surface area contributed by atoms with Crippen molar-refractivity contribution in [2.45, 2.75) is 56.7 Å². The molecule has 3 aliphatic rings. The lowest BCUT2D eigenvalue weighted by Gasteiger charge is -2.25. The summed E-state index contributed by atoms with van der Waals surface area (Å²) in [6, 6.07) is 1.44. The van der Waals surface area contributed by atoms with Gasteiger partial charge in [0.25, 0.3) is 0 Å². The zero-order chi connectivity index (χ0) is 27.6. The van der Waals surface area contributed by atoms with Gasteiger partial charge in [0.2, 0.25) is 5.43 Å². The molecule has 0 spiro atoms. The second kappa shape index (κ2) is 12.8. The number of pyridine rings is 1. The molecule has 2 aliphatic heterocycles. The number of nitrogens with zero attached hydrogens (tertiary/aromatic N) is 2. The van der Waals surface area contributed by atoms with Crippen molar-refractivity contribution in [2.24, 2.45) is 11.7 Å². The smallest absolute Gasteiger partial charge is 0.341 e. The molecule has 5 N–H and O–H groups in total. The molecule has 1 aromatic heterocycles. The summed E-state index contributed by atoms with van der Waals surface area (Å²) < 4.78 is 22.8. The first kappa shape index (κ1) is 30.4. The van der Waals surface area contributed by atoms with Crippen LogP contribution in [0.1, 0.15) is 54.9 Å². The topological polar surface area (TPSA) is 147 Å². The van der Waals surface area contributed by atoms with E-state index in [4.69, 9.17) is 15.6 Å². The second-order valence-corrected chi connectivity index (χ2v) is 10.2. The minimum absolute atomic E-state index is 0. The Morgan fingerprint density at radius 3 is 2.59 bits per heavy atom. The van der Waals surface area contributed by atoms with Crippen LogP contribution in [-0.2, 0) is 4.79 Å². The van der Waals surface area contributed by atoms with E-state index < -0.39 is 23.2 Å². The summed E-state index contributed by atoms with van der Waals surface area (Å²) in [5.41, 5.74) is 5.18. The minimum Gasteiger partial charge on any atom is -0.492 e. The highest BCUT2D eigenvalue weighted by molar-refractivity contribution is 5.97. The van der Waals surface area contributed by atoms with Crippen LogP contribution >= 0.6 is 12.4 Å². The van der Waals surface area contributed by atoms with Crippen molar-refractivity contribution in [1.82, 2.24) is 9.88 Å². The van der Waals surface area contributed by atoms with Crippen molar-refractivity contribution in [1.29, 1.82) is 0 Å². The lowest BCUT2D eigenvalue weighted by atomic mass is 9.94. The Morgan fingerprint density at radius 1 is 1.31 bits per heavy atom. The van der Waals surface area contributed by atoms with Crippen molar-refractivity contribution in [3.63, 3.8) is 0 Å². The fourth-order valence-electron chi connectivity index (χ4n) is 5.36. The number of rotatable bonds is 8. The quantitative estimate of drug-likeness (QED) is 0.354. The summed E-state index contributed by atoms with van der Waals surface area (Å²) in [6.07, 6.45) is 7.54. The fourth-order valence-corrected chi connectivity index (χ4v) is 5.36. The van der Waals surface area contributed by atoms with Crippen molar-refractivity contribution in [3.05, 3.63) is 46.5 Å². The van der Waals surface area contributed by atoms with E-state index in [-0.39, 0.29) is 41.9 Å². The molecule has 214 valence electrons. The zero-order valence-corrected chi connectivity index (χ0v) is 22.7. The van der Waals surface area contributed by atoms with E-state index in [0.29, 0.717) is 41.9 Å². The summed E-state index contributed by atoms with van der Waals surface area (Å²) >= 11 is 0. The number of hydrogen-bond donors (Lipinski definition) is 4. The molecule has 3 atom stereocenters. The van der Waals surface area contributed by atoms with Gasteiger partial charge in [-0.2, -0.15) is 0 Å². The maximum atomic E-state index is 15.3. The first-order chi connectivity index (χ1) is 18.2. The van der Waals surface area contributed by atoms with Crippen LogP contribution in [0.5, 0.6) is 5.75 Å². The van der Waals surface area contributed by atoms with Gasteiger partial charge in [0, 0.05) is 43.8 Å². The number of aliphatic carboxylic acids is 1. The number of fused-ring (bicyclic) bond motifs is 2. The maximum Gasteiger partial charge on any atom is 0.341 e. The molecule has 0 radical (unpaired) electrons. The summed E-state index contributed by atoms with van der Waals surface area (Å²) in [4.78, 5) is 36.3. The minimum atomic E-state index is -1.30. The normalized spacial score (nSPS) is 20.7. The molecule has 2 aromatic rings. The molecule has 3 heterocycles. The van der Waals surface area contributed by atoms with Gasteiger partial charge in [-0.25, -0.2) is 9.18 Å². The zero-order valence-electron chi connectivity index (χ0n) is 21.9. The third kappa shape index (κ3) is 6.54. The molecule has 39 heavy (non-hydrogen) atoms. The lowest BCUT2D eigenvalue weighted by molar-refractivity contribution is -0.137. The van der Waals surface area contributed by atoms with Crippen LogP contribution in [0.25, 0.3) is 10.9 Å². The van der Waals surface area contributed by atoms with Gasteiger partial charge >= 0.3 is 11.9 Å². The molecule has 5 rings (SSSR count). The van der Waals surface area contributed by atoms with E-state index in [0.717, 1.165) is 38.8 Å². The largest absolute Gasteiger partial charge is 0.492 e. The van der Waals surface area contributed by atoms with Crippen LogP contribution in [0.2, 0.25) is 0 Å². The van der Waals surface area contributed by atoms with E-state index >= 15 is 4.39 Å². The van der Waals surface area contributed by atoms with Gasteiger partial charge in [-0.05, 0) is 50.6 Å². The van der Waals surface area contributed by atoms with Gasteiger partial charge in [0.15, 0.2) is 11.6 Å². The van der Waals surface area contributed by atoms with E-state index in [2.05, 4.69) is 11.9 Å². The average Bonchev–Trinajstić information content (AvgIpc) is 3.65. The number of ether oxygens (including phenoxy) is 1. The first-order valence-corrected chi connectivity index (χ1v) is 12.9. The Kier molecular flexibility index (Phi) is 9.98. The maximum absolute atomic E-state index is 15.3. The third-order valence-corrected chi connectivity index (χ3v) is 7.48. The molecule has 2 saturated heterocycles. The van der Waals surface area contributed by atoms with Gasteiger partial charge in [0.1, 0.15) is 11.3 Å². The number of nitrogens with two attached hydrogens (primary N) is 1. The molecule has 1 aromatic carbocycles. The highest BCUT2D eigenvalue weighted by atomic mass is 35.5. The number of halogens is 2. The molecule has 1 aliphatic carbocycles. The number of nitrogens with one attached hydrogen (secondary N) is 1. The number of carbonyl (C=O) groups is 2. The Balaban J connectivity index is 0.000000366. The van der Waals surface area contributed by atoms with E-state index in [1.54, 1.807) is 10.6 Å². The van der Waals surface area contributed by atoms with Gasteiger partial charge in [-0.3, -0.25) is 9.59 Å². The highest BCUT2D eigenvalue weighted by Gasteiger charge is 2.38. The predicted molar refractivity (Wildman–Crippen MR) is 149 cm³/mol. The van der Waals surface area contributed by atoms with Crippen LogP contribution in [0, 0.1) is 11.7 Å². The Morgan fingerprint density at radius 2 is 2.03 bits per heavy atom. The van der Waals surface area contributed by atoms with Crippen LogP contribution in [0.4, 0.5) is 10.1 Å². The van der Waals surface area contributed by atoms with E-state index in [9.17, 15) is 19.5 Å². The standard InChI is InChI=1S/C21H24FN3O4.C6H11NO2.ClH/c1-29-20-17-13(19(26)14(21(27)28)9-25(17)12-4-5-12)7-15(22)18(20)24-8-11-3-2-6-23-16(11)10-24;1-2-5(7)3-4-6(8)9;/h7,9,11-12,16,23H,2-6,8,10H2,1H3,(H,27,28);2,5H,1,3-4,7H2,(H,8,9);1H/t11-,16+;;/m0../s1. The van der Waals surface area contributed by atoms with Gasteiger partial charge in [0.05, 0.1) is 18.0 Å². The van der Waals surface area contributed by atoms with Crippen molar-refractivity contribution < 1.29 is 28.9 Å². The molecule has 1 saturated carbocycles. The molecule has 1 unspecified atom stereocenters. The van der Waals surface area contributed by atoms with Gasteiger partial charge in [-0.15, -0.1) is 19.0 Å². The number of aromatic carboxylic acids is 1. The Bertz CT molecular complexity index is 1280. The molecule has 12 heteroatoms. The van der Waals surface area contributed by atoms with Crippen LogP contribution in [-0.4, -0.2) is 65.5 Å². The van der Waals surface area contributed by atoms with Crippen LogP contribution in [0.3, 0.4) is 0 Å². The number of carboxylic acid groups (broad SMARTS) is 2. The molecule has 0 bridgehead atoms. The second-order valence-electron chi connectivity index (χ2n) is 10.2. The van der Waals surface area contributed by atoms with E-state index in [1.807, 2.05) is 4.90 Å². The van der Waals surface area contributed by atoms with Crippen LogP contribution < -0.4 is 26.1 Å². The van der Waals surface area contributed by atoms with Gasteiger partial charge in [-0.1, -0.05) is 6.08 Å². The summed E-state index contributed by atoms with van der Waals surface area (Å²) in [6.45, 7) is 5.82. The number of methoxy groups -OCH3 is 1.